The molecule has 1 fully saturated rings. The van der Waals surface area contributed by atoms with E-state index in [0.29, 0.717) is 6.10 Å². The number of aromatic nitrogens is 2. The first-order chi connectivity index (χ1) is 10.3. The number of rotatable bonds is 6. The predicted octanol–water partition coefficient (Wildman–Crippen LogP) is 3.45. The van der Waals surface area contributed by atoms with Crippen LogP contribution in [0.4, 0.5) is 0 Å². The first-order valence-corrected chi connectivity index (χ1v) is 8.88. The summed E-state index contributed by atoms with van der Waals surface area (Å²) in [4.78, 5) is 5.71. The average molecular weight is 307 g/mol. The number of aryl methyl sites for hydroxylation is 2. The van der Waals surface area contributed by atoms with Gasteiger partial charge in [-0.1, -0.05) is 19.3 Å². The van der Waals surface area contributed by atoms with Crippen LogP contribution in [0.2, 0.25) is 0 Å². The van der Waals surface area contributed by atoms with Crippen molar-refractivity contribution in [3.63, 3.8) is 0 Å². The van der Waals surface area contributed by atoms with Crippen molar-refractivity contribution in [1.29, 1.82) is 0 Å². The minimum atomic E-state index is 0.503. The zero-order chi connectivity index (χ0) is 14.7. The van der Waals surface area contributed by atoms with Gasteiger partial charge in [0, 0.05) is 24.2 Å². The Labute approximate surface area is 130 Å². The molecule has 0 aliphatic heterocycles. The fourth-order valence-electron chi connectivity index (χ4n) is 3.11. The van der Waals surface area contributed by atoms with Crippen molar-refractivity contribution in [1.82, 2.24) is 14.7 Å². The SMILES string of the molecule is Cc1nc2scc(C)n2c1CNCCOC1CCCCC1. The van der Waals surface area contributed by atoms with E-state index in [9.17, 15) is 0 Å². The molecular formula is C16H25N3OS. The third-order valence-electron chi connectivity index (χ3n) is 4.31. The van der Waals surface area contributed by atoms with E-state index in [2.05, 4.69) is 33.9 Å². The van der Waals surface area contributed by atoms with Crippen molar-refractivity contribution in [2.45, 2.75) is 58.6 Å². The van der Waals surface area contributed by atoms with Gasteiger partial charge in [0.15, 0.2) is 4.96 Å². The lowest BCUT2D eigenvalue weighted by atomic mass is 9.98. The number of fused-ring (bicyclic) bond motifs is 1. The highest BCUT2D eigenvalue weighted by molar-refractivity contribution is 7.15. The molecule has 2 aromatic rings. The molecule has 0 saturated heterocycles. The molecule has 0 radical (unpaired) electrons. The van der Waals surface area contributed by atoms with Crippen molar-refractivity contribution in [3.8, 4) is 0 Å². The molecule has 0 atom stereocenters. The van der Waals surface area contributed by atoms with Crippen LogP contribution >= 0.6 is 11.3 Å². The third kappa shape index (κ3) is 3.47. The molecule has 4 nitrogen and oxygen atoms in total. The van der Waals surface area contributed by atoms with E-state index in [4.69, 9.17) is 4.74 Å². The molecule has 1 aliphatic rings. The first-order valence-electron chi connectivity index (χ1n) is 8.00. The smallest absolute Gasteiger partial charge is 0.194 e. The third-order valence-corrected chi connectivity index (χ3v) is 5.25. The van der Waals surface area contributed by atoms with Crippen LogP contribution < -0.4 is 5.32 Å². The maximum absolute atomic E-state index is 5.95. The summed E-state index contributed by atoms with van der Waals surface area (Å²) in [6.07, 6.45) is 7.05. The van der Waals surface area contributed by atoms with Crippen LogP contribution in [0.3, 0.4) is 0 Å². The van der Waals surface area contributed by atoms with Crippen molar-refractivity contribution in [2.75, 3.05) is 13.2 Å². The number of nitrogens with zero attached hydrogens (tertiary/aromatic N) is 2. The van der Waals surface area contributed by atoms with Crippen molar-refractivity contribution in [3.05, 3.63) is 22.5 Å². The highest BCUT2D eigenvalue weighted by atomic mass is 32.1. The van der Waals surface area contributed by atoms with Gasteiger partial charge in [-0.2, -0.15) is 0 Å². The lowest BCUT2D eigenvalue weighted by molar-refractivity contribution is 0.0302. The van der Waals surface area contributed by atoms with Gasteiger partial charge in [-0.25, -0.2) is 4.98 Å². The normalized spacial score (nSPS) is 16.9. The number of nitrogens with one attached hydrogen (secondary N) is 1. The molecule has 0 amide bonds. The molecule has 0 aromatic carbocycles. The lowest BCUT2D eigenvalue weighted by Gasteiger charge is -2.22. The van der Waals surface area contributed by atoms with Gasteiger partial charge in [0.05, 0.1) is 24.1 Å². The van der Waals surface area contributed by atoms with Gasteiger partial charge in [0.2, 0.25) is 0 Å². The molecule has 2 aromatic heterocycles. The highest BCUT2D eigenvalue weighted by Gasteiger charge is 2.14. The molecule has 1 saturated carbocycles. The minimum Gasteiger partial charge on any atom is -0.377 e. The Morgan fingerprint density at radius 3 is 2.95 bits per heavy atom. The Morgan fingerprint density at radius 1 is 1.33 bits per heavy atom. The molecule has 2 heterocycles. The van der Waals surface area contributed by atoms with Gasteiger partial charge < -0.3 is 10.1 Å². The van der Waals surface area contributed by atoms with Crippen LogP contribution in [-0.2, 0) is 11.3 Å². The quantitative estimate of drug-likeness (QED) is 0.831. The maximum atomic E-state index is 5.95. The van der Waals surface area contributed by atoms with Crippen molar-refractivity contribution in [2.24, 2.45) is 0 Å². The number of imidazole rings is 1. The van der Waals surface area contributed by atoms with Gasteiger partial charge in [0.25, 0.3) is 0 Å². The summed E-state index contributed by atoms with van der Waals surface area (Å²) in [7, 11) is 0. The van der Waals surface area contributed by atoms with E-state index < -0.39 is 0 Å². The van der Waals surface area contributed by atoms with Gasteiger partial charge in [-0.15, -0.1) is 11.3 Å². The van der Waals surface area contributed by atoms with Crippen LogP contribution in [0.15, 0.2) is 5.38 Å². The van der Waals surface area contributed by atoms with E-state index in [1.165, 1.54) is 43.5 Å². The van der Waals surface area contributed by atoms with Crippen LogP contribution in [-0.4, -0.2) is 28.6 Å². The fourth-order valence-corrected chi connectivity index (χ4v) is 4.04. The standard InChI is InChI=1S/C16H25N3OS/c1-12-11-21-16-18-13(2)15(19(12)16)10-17-8-9-20-14-6-4-3-5-7-14/h11,14,17H,3-10H2,1-2H3. The van der Waals surface area contributed by atoms with E-state index >= 15 is 0 Å². The van der Waals surface area contributed by atoms with Crippen LogP contribution in [0.25, 0.3) is 4.96 Å². The minimum absolute atomic E-state index is 0.503. The van der Waals surface area contributed by atoms with Gasteiger partial charge in [0.1, 0.15) is 0 Å². The summed E-state index contributed by atoms with van der Waals surface area (Å²) in [5, 5.41) is 5.66. The number of hydrogen-bond acceptors (Lipinski definition) is 4. The molecule has 1 N–H and O–H groups in total. The van der Waals surface area contributed by atoms with Gasteiger partial charge in [-0.05, 0) is 26.7 Å². The van der Waals surface area contributed by atoms with Crippen molar-refractivity contribution >= 4 is 16.3 Å². The second-order valence-electron chi connectivity index (χ2n) is 5.95. The Hall–Kier alpha value is -0.910. The van der Waals surface area contributed by atoms with E-state index in [1.54, 1.807) is 11.3 Å². The fraction of sp³-hybridized carbons (Fsp3) is 0.688. The summed E-state index contributed by atoms with van der Waals surface area (Å²) in [6.45, 7) is 6.81. The highest BCUT2D eigenvalue weighted by Crippen LogP contribution is 2.21. The van der Waals surface area contributed by atoms with Gasteiger partial charge in [-0.3, -0.25) is 4.40 Å². The Morgan fingerprint density at radius 2 is 2.14 bits per heavy atom. The van der Waals surface area contributed by atoms with E-state index in [-0.39, 0.29) is 0 Å². The zero-order valence-corrected chi connectivity index (χ0v) is 13.8. The summed E-state index contributed by atoms with van der Waals surface area (Å²) < 4.78 is 8.20. The molecule has 0 unspecified atom stereocenters. The summed E-state index contributed by atoms with van der Waals surface area (Å²) in [5.41, 5.74) is 3.68. The molecule has 3 rings (SSSR count). The molecule has 116 valence electrons. The van der Waals surface area contributed by atoms with Gasteiger partial charge >= 0.3 is 0 Å². The Bertz CT molecular complexity index is 584. The monoisotopic (exact) mass is 307 g/mol. The second-order valence-corrected chi connectivity index (χ2v) is 6.78. The van der Waals surface area contributed by atoms with Crippen molar-refractivity contribution < 1.29 is 4.74 Å². The summed E-state index contributed by atoms with van der Waals surface area (Å²) in [5.74, 6) is 0. The molecule has 0 bridgehead atoms. The maximum Gasteiger partial charge on any atom is 0.194 e. The van der Waals surface area contributed by atoms with E-state index in [1.807, 2.05) is 0 Å². The molecule has 0 spiro atoms. The first kappa shape index (κ1) is 15.0. The summed E-state index contributed by atoms with van der Waals surface area (Å²) in [6, 6.07) is 0. The molecule has 1 aliphatic carbocycles. The number of thiazole rings is 1. The lowest BCUT2D eigenvalue weighted by Crippen LogP contribution is -2.25. The van der Waals surface area contributed by atoms with E-state index in [0.717, 1.165) is 30.4 Å². The molecule has 21 heavy (non-hydrogen) atoms. The zero-order valence-electron chi connectivity index (χ0n) is 13.0. The number of hydrogen-bond donors (Lipinski definition) is 1. The largest absolute Gasteiger partial charge is 0.377 e. The van der Waals surface area contributed by atoms with Crippen LogP contribution in [0.1, 0.15) is 49.2 Å². The summed E-state index contributed by atoms with van der Waals surface area (Å²) >= 11 is 1.71. The number of ether oxygens (including phenoxy) is 1. The van der Waals surface area contributed by atoms with Crippen LogP contribution in [0.5, 0.6) is 0 Å². The topological polar surface area (TPSA) is 38.6 Å². The Balaban J connectivity index is 1.46. The van der Waals surface area contributed by atoms with Crippen LogP contribution in [0, 0.1) is 13.8 Å². The predicted molar refractivity (Wildman–Crippen MR) is 87.1 cm³/mol. The average Bonchev–Trinajstić information content (AvgIpc) is 3.00. The Kier molecular flexibility index (Phi) is 4.93. The molecule has 5 heteroatoms. The second kappa shape index (κ2) is 6.90. The molecular weight excluding hydrogens is 282 g/mol.